The van der Waals surface area contributed by atoms with E-state index in [1.807, 2.05) is 29.2 Å². The molecule has 3 fully saturated rings. The summed E-state index contributed by atoms with van der Waals surface area (Å²) >= 11 is 0. The highest BCUT2D eigenvalue weighted by molar-refractivity contribution is 6.00. The second-order valence-corrected chi connectivity index (χ2v) is 13.3. The predicted octanol–water partition coefficient (Wildman–Crippen LogP) is 5.01. The Bertz CT molecular complexity index is 1370. The standard InChI is InChI=1S/C36H50N4O6.ClH/c1-5-6-20-40-34(43)31(32(41)26-10-8-7-9-11-26)37-35(44)36(40)18-21-39(22-19-36)24-25-12-15-28(16-13-25)46-29-17-14-27(23-30(29)45-4)33(42)38(2)3;/h12-17,23,26,31-32,41H,5-11,18-22,24H2,1-4H3,(H,37,44);1H/t31-,32?;/m1./s1. The number of benzene rings is 2. The molecular formula is C36H51ClN4O6. The van der Waals surface area contributed by atoms with Gasteiger partial charge in [0.1, 0.15) is 17.3 Å². The lowest BCUT2D eigenvalue weighted by Gasteiger charge is -2.52. The summed E-state index contributed by atoms with van der Waals surface area (Å²) in [5.74, 6) is 1.37. The van der Waals surface area contributed by atoms with E-state index in [1.165, 1.54) is 11.3 Å². The number of carbonyl (C=O) groups is 3. The number of aliphatic hydroxyl groups is 1. The van der Waals surface area contributed by atoms with Crippen LogP contribution in [0.4, 0.5) is 0 Å². The SMILES string of the molecule is CCCCN1C(=O)[C@@H](C(O)C2CCCCC2)NC(=O)C12CCN(Cc1ccc(Oc3ccc(C(=O)N(C)C)cc3OC)cc1)CC2.Cl. The van der Waals surface area contributed by atoms with Crippen LogP contribution < -0.4 is 14.8 Å². The molecule has 1 spiro atoms. The molecule has 2 aromatic rings. The molecule has 2 aliphatic heterocycles. The molecule has 11 heteroatoms. The van der Waals surface area contributed by atoms with Crippen LogP contribution in [0, 0.1) is 5.92 Å². The largest absolute Gasteiger partial charge is 0.493 e. The number of unbranched alkanes of at least 4 members (excludes halogenated alkanes) is 1. The number of likely N-dealkylation sites (tertiary alicyclic amines) is 1. The monoisotopic (exact) mass is 670 g/mol. The van der Waals surface area contributed by atoms with Gasteiger partial charge in [0.2, 0.25) is 11.8 Å². The molecule has 258 valence electrons. The van der Waals surface area contributed by atoms with E-state index in [9.17, 15) is 19.5 Å². The third kappa shape index (κ3) is 8.04. The number of amides is 3. The molecule has 0 aromatic heterocycles. The van der Waals surface area contributed by atoms with Crippen LogP contribution in [0.1, 0.15) is 80.6 Å². The summed E-state index contributed by atoms with van der Waals surface area (Å²) in [4.78, 5) is 45.7. The minimum absolute atomic E-state index is 0. The number of piperidine rings is 1. The van der Waals surface area contributed by atoms with Gasteiger partial charge in [0.05, 0.1) is 13.2 Å². The van der Waals surface area contributed by atoms with Gasteiger partial charge in [-0.2, -0.15) is 0 Å². The van der Waals surface area contributed by atoms with Crippen LogP contribution in [0.3, 0.4) is 0 Å². The fraction of sp³-hybridized carbons (Fsp3) is 0.583. The molecule has 2 saturated heterocycles. The molecule has 1 aliphatic carbocycles. The average Bonchev–Trinajstić information content (AvgIpc) is 3.08. The van der Waals surface area contributed by atoms with Crippen molar-refractivity contribution in [3.05, 3.63) is 53.6 Å². The zero-order valence-corrected chi connectivity index (χ0v) is 29.0. The second-order valence-electron chi connectivity index (χ2n) is 13.3. The van der Waals surface area contributed by atoms with Crippen molar-refractivity contribution >= 4 is 30.1 Å². The van der Waals surface area contributed by atoms with Crippen LogP contribution in [0.2, 0.25) is 0 Å². The minimum Gasteiger partial charge on any atom is -0.493 e. The molecule has 10 nitrogen and oxygen atoms in total. The maximum atomic E-state index is 13.9. The topological polar surface area (TPSA) is 112 Å². The molecule has 5 rings (SSSR count). The molecule has 1 unspecified atom stereocenters. The lowest BCUT2D eigenvalue weighted by Crippen LogP contribution is -2.75. The van der Waals surface area contributed by atoms with Crippen LogP contribution in [0.25, 0.3) is 0 Å². The number of hydrogen-bond acceptors (Lipinski definition) is 7. The highest BCUT2D eigenvalue weighted by Gasteiger charge is 2.55. The summed E-state index contributed by atoms with van der Waals surface area (Å²) in [6.07, 6.45) is 7.16. The highest BCUT2D eigenvalue weighted by atomic mass is 35.5. The first kappa shape index (κ1) is 36.5. The van der Waals surface area contributed by atoms with Crippen LogP contribution in [0.5, 0.6) is 17.2 Å². The first-order chi connectivity index (χ1) is 22.2. The smallest absolute Gasteiger partial charge is 0.253 e. The third-order valence-electron chi connectivity index (χ3n) is 10.0. The minimum atomic E-state index is -0.866. The predicted molar refractivity (Wildman–Crippen MR) is 183 cm³/mol. The first-order valence-corrected chi connectivity index (χ1v) is 16.9. The van der Waals surface area contributed by atoms with Crippen molar-refractivity contribution in [3.8, 4) is 17.2 Å². The summed E-state index contributed by atoms with van der Waals surface area (Å²) in [6.45, 7) is 4.72. The number of hydrogen-bond donors (Lipinski definition) is 2. The number of nitrogens with one attached hydrogen (secondary N) is 1. The van der Waals surface area contributed by atoms with E-state index in [2.05, 4.69) is 17.1 Å². The Morgan fingerprint density at radius 3 is 2.34 bits per heavy atom. The van der Waals surface area contributed by atoms with E-state index in [0.29, 0.717) is 61.8 Å². The van der Waals surface area contributed by atoms with Gasteiger partial charge in [-0.25, -0.2) is 0 Å². The first-order valence-electron chi connectivity index (χ1n) is 16.9. The Morgan fingerprint density at radius 1 is 1.04 bits per heavy atom. The number of rotatable bonds is 11. The molecule has 2 N–H and O–H groups in total. The van der Waals surface area contributed by atoms with Gasteiger partial charge < -0.3 is 29.7 Å². The normalized spacial score (nSPS) is 20.7. The molecule has 2 heterocycles. The fourth-order valence-corrected chi connectivity index (χ4v) is 7.23. The summed E-state index contributed by atoms with van der Waals surface area (Å²) < 4.78 is 11.6. The van der Waals surface area contributed by atoms with E-state index < -0.39 is 17.7 Å². The third-order valence-corrected chi connectivity index (χ3v) is 10.0. The van der Waals surface area contributed by atoms with E-state index in [1.54, 1.807) is 39.4 Å². The average molecular weight is 671 g/mol. The van der Waals surface area contributed by atoms with E-state index >= 15 is 0 Å². The van der Waals surface area contributed by atoms with Crippen molar-refractivity contribution in [2.24, 2.45) is 5.92 Å². The summed E-state index contributed by atoms with van der Waals surface area (Å²) in [5, 5.41) is 14.2. The van der Waals surface area contributed by atoms with Crippen molar-refractivity contribution in [3.63, 3.8) is 0 Å². The second kappa shape index (κ2) is 16.2. The fourth-order valence-electron chi connectivity index (χ4n) is 7.23. The van der Waals surface area contributed by atoms with Crippen LogP contribution >= 0.6 is 12.4 Å². The highest BCUT2D eigenvalue weighted by Crippen LogP contribution is 2.37. The molecule has 3 amide bonds. The Labute approximate surface area is 285 Å². The van der Waals surface area contributed by atoms with Crippen molar-refractivity contribution in [2.45, 2.75) is 88.9 Å². The summed E-state index contributed by atoms with van der Waals surface area (Å²) in [7, 11) is 4.96. The van der Waals surface area contributed by atoms with Crippen molar-refractivity contribution in [2.75, 3.05) is 40.8 Å². The van der Waals surface area contributed by atoms with Gasteiger partial charge in [0, 0.05) is 45.8 Å². The molecule has 2 aromatic carbocycles. The van der Waals surface area contributed by atoms with E-state index in [0.717, 1.165) is 44.1 Å². The lowest BCUT2D eigenvalue weighted by molar-refractivity contribution is -0.166. The number of piperazine rings is 1. The number of halogens is 1. The lowest BCUT2D eigenvalue weighted by atomic mass is 9.78. The molecule has 0 bridgehead atoms. The zero-order chi connectivity index (χ0) is 32.8. The Balaban J connectivity index is 0.00000500. The van der Waals surface area contributed by atoms with Crippen LogP contribution in [-0.2, 0) is 16.1 Å². The Morgan fingerprint density at radius 2 is 1.72 bits per heavy atom. The van der Waals surface area contributed by atoms with Crippen molar-refractivity contribution < 1.29 is 29.0 Å². The molecule has 0 radical (unpaired) electrons. The van der Waals surface area contributed by atoms with Crippen molar-refractivity contribution in [1.82, 2.24) is 20.0 Å². The van der Waals surface area contributed by atoms with Gasteiger partial charge in [-0.15, -0.1) is 12.4 Å². The van der Waals surface area contributed by atoms with Crippen LogP contribution in [0.15, 0.2) is 42.5 Å². The van der Waals surface area contributed by atoms with Gasteiger partial charge in [-0.3, -0.25) is 19.3 Å². The molecule has 47 heavy (non-hydrogen) atoms. The van der Waals surface area contributed by atoms with E-state index in [4.69, 9.17) is 9.47 Å². The quantitative estimate of drug-likeness (QED) is 0.346. The summed E-state index contributed by atoms with van der Waals surface area (Å²) in [5.41, 5.74) is 0.771. The van der Waals surface area contributed by atoms with Gasteiger partial charge in [-0.05, 0) is 73.9 Å². The number of carbonyl (C=O) groups excluding carboxylic acids is 3. The van der Waals surface area contributed by atoms with Gasteiger partial charge in [0.15, 0.2) is 11.5 Å². The molecular weight excluding hydrogens is 620 g/mol. The van der Waals surface area contributed by atoms with Crippen molar-refractivity contribution in [1.29, 1.82) is 0 Å². The maximum Gasteiger partial charge on any atom is 0.253 e. The number of ether oxygens (including phenoxy) is 2. The van der Waals surface area contributed by atoms with Gasteiger partial charge >= 0.3 is 0 Å². The molecule has 3 aliphatic rings. The number of nitrogens with zero attached hydrogens (tertiary/aromatic N) is 3. The summed E-state index contributed by atoms with van der Waals surface area (Å²) in [6, 6.07) is 12.2. The number of aliphatic hydroxyl groups excluding tert-OH is 1. The van der Waals surface area contributed by atoms with Gasteiger partial charge in [0.25, 0.3) is 5.91 Å². The van der Waals surface area contributed by atoms with Crippen LogP contribution in [-0.4, -0.2) is 96.1 Å². The van der Waals surface area contributed by atoms with Gasteiger partial charge in [-0.1, -0.05) is 44.7 Å². The number of methoxy groups -OCH3 is 1. The Kier molecular flexibility index (Phi) is 12.6. The van der Waals surface area contributed by atoms with E-state index in [-0.39, 0.29) is 36.0 Å². The maximum absolute atomic E-state index is 13.9. The molecule has 1 saturated carbocycles. The zero-order valence-electron chi connectivity index (χ0n) is 28.2. The Hall–Kier alpha value is -3.34. The molecule has 2 atom stereocenters.